The quantitative estimate of drug-likeness (QED) is 0.595. The summed E-state index contributed by atoms with van der Waals surface area (Å²) in [6.07, 6.45) is 4.72. The summed E-state index contributed by atoms with van der Waals surface area (Å²) >= 11 is 0. The van der Waals surface area contributed by atoms with Gasteiger partial charge in [-0.1, -0.05) is 12.1 Å². The Bertz CT molecular complexity index is 1020. The summed E-state index contributed by atoms with van der Waals surface area (Å²) in [5, 5.41) is 11.4. The highest BCUT2D eigenvalue weighted by Crippen LogP contribution is 2.27. The molecule has 0 spiro atoms. The minimum absolute atomic E-state index is 0.281. The first-order valence-corrected chi connectivity index (χ1v) is 6.60. The lowest BCUT2D eigenvalue weighted by molar-refractivity contribution is 0.613. The van der Waals surface area contributed by atoms with Gasteiger partial charge in [-0.05, 0) is 18.2 Å². The molecule has 0 aliphatic carbocycles. The number of nitrogens with one attached hydrogen (secondary N) is 2. The number of pyridine rings is 1. The van der Waals surface area contributed by atoms with Crippen molar-refractivity contribution < 1.29 is 4.39 Å². The van der Waals surface area contributed by atoms with Gasteiger partial charge in [0, 0.05) is 18.0 Å². The van der Waals surface area contributed by atoms with Crippen LogP contribution in [0.4, 0.5) is 4.39 Å². The molecule has 108 valence electrons. The van der Waals surface area contributed by atoms with Crippen LogP contribution < -0.4 is 5.56 Å². The predicted molar refractivity (Wildman–Crippen MR) is 79.2 cm³/mol. The lowest BCUT2D eigenvalue weighted by Crippen LogP contribution is -2.05. The van der Waals surface area contributed by atoms with E-state index in [2.05, 4.69) is 20.3 Å². The van der Waals surface area contributed by atoms with Crippen molar-refractivity contribution in [3.05, 3.63) is 65.1 Å². The largest absolute Gasteiger partial charge is 0.328 e. The summed E-state index contributed by atoms with van der Waals surface area (Å²) in [5.74, 6) is -0.411. The lowest BCUT2D eigenvalue weighted by Gasteiger charge is -2.03. The van der Waals surface area contributed by atoms with Gasteiger partial charge in [-0.25, -0.2) is 9.07 Å². The van der Waals surface area contributed by atoms with Gasteiger partial charge in [0.2, 0.25) is 0 Å². The number of halogens is 1. The Kier molecular flexibility index (Phi) is 2.65. The number of fused-ring (bicyclic) bond motifs is 1. The van der Waals surface area contributed by atoms with Crippen LogP contribution in [0.2, 0.25) is 0 Å². The van der Waals surface area contributed by atoms with Gasteiger partial charge in [-0.2, -0.15) is 10.2 Å². The Morgan fingerprint density at radius 2 is 2.05 bits per heavy atom. The fourth-order valence-electron chi connectivity index (χ4n) is 2.47. The molecule has 2 N–H and O–H groups in total. The second-order valence-corrected chi connectivity index (χ2v) is 4.77. The summed E-state index contributed by atoms with van der Waals surface area (Å²) in [5.41, 5.74) is 1.65. The zero-order chi connectivity index (χ0) is 15.1. The minimum atomic E-state index is -0.411. The van der Waals surface area contributed by atoms with Crippen molar-refractivity contribution in [2.24, 2.45) is 0 Å². The maximum Gasteiger partial charge on any atom is 0.259 e. The fraction of sp³-hybridized carbons (Fsp3) is 0. The maximum atomic E-state index is 14.1. The number of hydrogen-bond donors (Lipinski definition) is 2. The Morgan fingerprint density at radius 1 is 1.18 bits per heavy atom. The van der Waals surface area contributed by atoms with E-state index in [9.17, 15) is 9.18 Å². The van der Waals surface area contributed by atoms with E-state index in [1.807, 2.05) is 0 Å². The van der Waals surface area contributed by atoms with Gasteiger partial charge in [0.1, 0.15) is 17.2 Å². The molecule has 0 atom stereocenters. The molecule has 3 aromatic heterocycles. The molecule has 0 saturated heterocycles. The second-order valence-electron chi connectivity index (χ2n) is 4.77. The maximum absolute atomic E-state index is 14.1. The number of H-pyrrole nitrogens is 2. The van der Waals surface area contributed by atoms with Crippen LogP contribution in [-0.2, 0) is 0 Å². The minimum Gasteiger partial charge on any atom is -0.328 e. The number of nitrogens with zero attached hydrogens (tertiary/aromatic N) is 3. The summed E-state index contributed by atoms with van der Waals surface area (Å²) < 4.78 is 15.5. The van der Waals surface area contributed by atoms with Crippen LogP contribution in [0.15, 0.2) is 53.7 Å². The molecule has 1 aromatic carbocycles. The summed E-state index contributed by atoms with van der Waals surface area (Å²) in [7, 11) is 0. The monoisotopic (exact) mass is 295 g/mol. The Morgan fingerprint density at radius 3 is 2.82 bits per heavy atom. The van der Waals surface area contributed by atoms with Crippen LogP contribution in [0, 0.1) is 5.82 Å². The van der Waals surface area contributed by atoms with Crippen LogP contribution in [0.5, 0.6) is 0 Å². The van der Waals surface area contributed by atoms with Crippen molar-refractivity contribution >= 4 is 10.9 Å². The van der Waals surface area contributed by atoms with Crippen LogP contribution in [0.3, 0.4) is 0 Å². The van der Waals surface area contributed by atoms with Crippen LogP contribution >= 0.6 is 0 Å². The Labute approximate surface area is 123 Å². The number of rotatable bonds is 2. The molecule has 0 unspecified atom stereocenters. The molecule has 0 radical (unpaired) electrons. The molecular formula is C15H10FN5O. The molecule has 0 fully saturated rings. The standard InChI is InChI=1S/C15H10FN5O/c16-10-3-1-2-4-11(10)21-12-5-6-17-15(22)13(12)14(20-21)9-7-18-19-8-9/h1-8H,(H,17,22)(H,18,19). The van der Waals surface area contributed by atoms with Crippen LogP contribution in [-0.4, -0.2) is 25.0 Å². The summed E-state index contributed by atoms with van der Waals surface area (Å²) in [4.78, 5) is 14.8. The van der Waals surface area contributed by atoms with E-state index >= 15 is 0 Å². The van der Waals surface area contributed by atoms with E-state index in [0.717, 1.165) is 0 Å². The van der Waals surface area contributed by atoms with Crippen LogP contribution in [0.25, 0.3) is 27.8 Å². The van der Waals surface area contributed by atoms with Gasteiger partial charge < -0.3 is 4.98 Å². The van der Waals surface area contributed by atoms with Gasteiger partial charge in [0.25, 0.3) is 5.56 Å². The zero-order valence-corrected chi connectivity index (χ0v) is 11.2. The second kappa shape index (κ2) is 4.66. The number of aromatic amines is 2. The highest BCUT2D eigenvalue weighted by Gasteiger charge is 2.18. The molecule has 6 nitrogen and oxygen atoms in total. The molecule has 0 aliphatic rings. The highest BCUT2D eigenvalue weighted by molar-refractivity contribution is 5.93. The fourth-order valence-corrected chi connectivity index (χ4v) is 2.47. The van der Waals surface area contributed by atoms with Gasteiger partial charge in [0.15, 0.2) is 0 Å². The van der Waals surface area contributed by atoms with Crippen molar-refractivity contribution in [3.63, 3.8) is 0 Å². The number of benzene rings is 1. The number of para-hydroxylation sites is 1. The van der Waals surface area contributed by atoms with Crippen molar-refractivity contribution in [1.82, 2.24) is 25.0 Å². The van der Waals surface area contributed by atoms with Gasteiger partial charge in [0.05, 0.1) is 17.1 Å². The first-order valence-electron chi connectivity index (χ1n) is 6.60. The van der Waals surface area contributed by atoms with E-state index in [0.29, 0.717) is 22.2 Å². The molecule has 7 heteroatoms. The topological polar surface area (TPSA) is 79.4 Å². The third-order valence-corrected chi connectivity index (χ3v) is 3.46. The third-order valence-electron chi connectivity index (χ3n) is 3.46. The van der Waals surface area contributed by atoms with Gasteiger partial charge in [-0.3, -0.25) is 9.89 Å². The smallest absolute Gasteiger partial charge is 0.259 e. The zero-order valence-electron chi connectivity index (χ0n) is 11.2. The van der Waals surface area contributed by atoms with Crippen molar-refractivity contribution in [3.8, 4) is 16.9 Å². The van der Waals surface area contributed by atoms with E-state index in [-0.39, 0.29) is 11.2 Å². The van der Waals surface area contributed by atoms with E-state index in [4.69, 9.17) is 0 Å². The van der Waals surface area contributed by atoms with Crippen molar-refractivity contribution in [2.75, 3.05) is 0 Å². The summed E-state index contributed by atoms with van der Waals surface area (Å²) in [6.45, 7) is 0. The average Bonchev–Trinajstić information content (AvgIpc) is 3.15. The predicted octanol–water partition coefficient (Wildman–Crippen LogP) is 2.24. The lowest BCUT2D eigenvalue weighted by atomic mass is 10.2. The molecule has 4 aromatic rings. The number of aromatic nitrogens is 5. The third kappa shape index (κ3) is 1.76. The molecule has 0 saturated carbocycles. The van der Waals surface area contributed by atoms with Crippen molar-refractivity contribution in [1.29, 1.82) is 0 Å². The van der Waals surface area contributed by atoms with Crippen LogP contribution in [0.1, 0.15) is 0 Å². The molecule has 0 aliphatic heterocycles. The normalized spacial score (nSPS) is 11.1. The molecule has 0 amide bonds. The molecular weight excluding hydrogens is 285 g/mol. The summed E-state index contributed by atoms with van der Waals surface area (Å²) in [6, 6.07) is 7.99. The molecule has 0 bridgehead atoms. The van der Waals surface area contributed by atoms with E-state index < -0.39 is 5.82 Å². The molecule has 22 heavy (non-hydrogen) atoms. The molecule has 3 heterocycles. The van der Waals surface area contributed by atoms with E-state index in [1.165, 1.54) is 16.9 Å². The molecule has 4 rings (SSSR count). The Balaban J connectivity index is 2.12. The van der Waals surface area contributed by atoms with Gasteiger partial charge in [-0.15, -0.1) is 0 Å². The van der Waals surface area contributed by atoms with Gasteiger partial charge >= 0.3 is 0 Å². The van der Waals surface area contributed by atoms with E-state index in [1.54, 1.807) is 36.7 Å². The Hall–Kier alpha value is -3.22. The first kappa shape index (κ1) is 12.5. The SMILES string of the molecule is O=c1[nH]ccc2c1c(-c1cn[nH]c1)nn2-c1ccccc1F. The average molecular weight is 295 g/mol. The number of hydrogen-bond acceptors (Lipinski definition) is 3. The highest BCUT2D eigenvalue weighted by atomic mass is 19.1. The first-order chi connectivity index (χ1) is 10.8. The van der Waals surface area contributed by atoms with Crippen molar-refractivity contribution in [2.45, 2.75) is 0 Å².